The van der Waals surface area contributed by atoms with Gasteiger partial charge in [-0.05, 0) is 23.3 Å². The minimum Gasteiger partial charge on any atom is -0.392 e. The molecule has 0 fully saturated rings. The molecule has 0 aliphatic heterocycles. The van der Waals surface area contributed by atoms with Crippen molar-refractivity contribution in [3.05, 3.63) is 57.1 Å². The number of nitrogens with two attached hydrogens (primary N) is 1. The predicted octanol–water partition coefficient (Wildman–Crippen LogP) is 4.52. The van der Waals surface area contributed by atoms with E-state index in [4.69, 9.17) is 17.3 Å². The normalized spacial score (nSPS) is 11.4. The van der Waals surface area contributed by atoms with Crippen LogP contribution in [0.1, 0.15) is 5.56 Å². The van der Waals surface area contributed by atoms with E-state index >= 15 is 0 Å². The van der Waals surface area contributed by atoms with Gasteiger partial charge in [-0.2, -0.15) is 13.2 Å². The van der Waals surface area contributed by atoms with Crippen LogP contribution in [0.15, 0.2) is 36.4 Å². The van der Waals surface area contributed by atoms with Crippen LogP contribution in [-0.4, -0.2) is 4.92 Å². The standard InChI is InChI=1S/C13H8ClF3N2O2/c14-10-5-7(6-11(12(10)18)19(20)21)8-3-1-2-4-9(8)13(15,16)17/h1-6H,18H2. The molecule has 2 N–H and O–H groups in total. The van der Waals surface area contributed by atoms with Gasteiger partial charge in [-0.15, -0.1) is 0 Å². The number of hydrogen-bond donors (Lipinski definition) is 1. The summed E-state index contributed by atoms with van der Waals surface area (Å²) in [6.07, 6.45) is -4.58. The van der Waals surface area contributed by atoms with Crippen LogP contribution in [0.2, 0.25) is 5.02 Å². The lowest BCUT2D eigenvalue weighted by atomic mass is 9.98. The first-order valence-electron chi connectivity index (χ1n) is 5.62. The van der Waals surface area contributed by atoms with Crippen molar-refractivity contribution < 1.29 is 18.1 Å². The van der Waals surface area contributed by atoms with Gasteiger partial charge >= 0.3 is 6.18 Å². The molecule has 0 bridgehead atoms. The maximum atomic E-state index is 13.0. The van der Waals surface area contributed by atoms with E-state index in [1.54, 1.807) is 0 Å². The van der Waals surface area contributed by atoms with E-state index in [1.807, 2.05) is 0 Å². The van der Waals surface area contributed by atoms with E-state index in [9.17, 15) is 23.3 Å². The van der Waals surface area contributed by atoms with Gasteiger partial charge in [-0.25, -0.2) is 0 Å². The molecular formula is C13H8ClF3N2O2. The van der Waals surface area contributed by atoms with Crippen molar-refractivity contribution in [3.8, 4) is 11.1 Å². The zero-order valence-electron chi connectivity index (χ0n) is 10.3. The molecule has 2 aromatic rings. The summed E-state index contributed by atoms with van der Waals surface area (Å²) in [4.78, 5) is 10.1. The van der Waals surface area contributed by atoms with Gasteiger partial charge in [-0.1, -0.05) is 29.8 Å². The van der Waals surface area contributed by atoms with E-state index in [0.29, 0.717) is 0 Å². The highest BCUT2D eigenvalue weighted by atomic mass is 35.5. The van der Waals surface area contributed by atoms with E-state index < -0.39 is 22.4 Å². The molecule has 0 aromatic heterocycles. The van der Waals surface area contributed by atoms with Gasteiger partial charge in [0.25, 0.3) is 5.69 Å². The van der Waals surface area contributed by atoms with Crippen molar-refractivity contribution in [2.45, 2.75) is 6.18 Å². The van der Waals surface area contributed by atoms with Crippen molar-refractivity contribution in [1.29, 1.82) is 0 Å². The van der Waals surface area contributed by atoms with Crippen LogP contribution < -0.4 is 5.73 Å². The fourth-order valence-corrected chi connectivity index (χ4v) is 2.11. The average molecular weight is 317 g/mol. The maximum absolute atomic E-state index is 13.0. The summed E-state index contributed by atoms with van der Waals surface area (Å²) in [5.74, 6) is 0. The lowest BCUT2D eigenvalue weighted by Gasteiger charge is -2.13. The van der Waals surface area contributed by atoms with Gasteiger partial charge in [0.2, 0.25) is 0 Å². The van der Waals surface area contributed by atoms with Crippen LogP contribution in [0.3, 0.4) is 0 Å². The Morgan fingerprint density at radius 2 is 1.81 bits per heavy atom. The summed E-state index contributed by atoms with van der Waals surface area (Å²) in [5.41, 5.74) is 3.52. The molecule has 0 saturated carbocycles. The summed E-state index contributed by atoms with van der Waals surface area (Å²) < 4.78 is 38.9. The molecule has 8 heteroatoms. The molecule has 0 amide bonds. The van der Waals surface area contributed by atoms with Gasteiger partial charge in [0.1, 0.15) is 5.69 Å². The van der Waals surface area contributed by atoms with Crippen LogP contribution in [-0.2, 0) is 6.18 Å². The Kier molecular flexibility index (Phi) is 3.78. The smallest absolute Gasteiger partial charge is 0.392 e. The Balaban J connectivity index is 2.72. The van der Waals surface area contributed by atoms with Crippen molar-refractivity contribution in [3.63, 3.8) is 0 Å². The molecule has 0 atom stereocenters. The summed E-state index contributed by atoms with van der Waals surface area (Å²) in [6, 6.07) is 6.90. The molecule has 0 radical (unpaired) electrons. The molecule has 21 heavy (non-hydrogen) atoms. The molecule has 110 valence electrons. The lowest BCUT2D eigenvalue weighted by Crippen LogP contribution is -2.07. The zero-order chi connectivity index (χ0) is 15.8. The third-order valence-corrected chi connectivity index (χ3v) is 3.16. The van der Waals surface area contributed by atoms with Crippen molar-refractivity contribution in [2.75, 3.05) is 5.73 Å². The van der Waals surface area contributed by atoms with Crippen LogP contribution in [0.4, 0.5) is 24.5 Å². The van der Waals surface area contributed by atoms with Crippen molar-refractivity contribution in [1.82, 2.24) is 0 Å². The second-order valence-electron chi connectivity index (χ2n) is 4.19. The molecule has 0 saturated heterocycles. The highest BCUT2D eigenvalue weighted by molar-refractivity contribution is 6.34. The lowest BCUT2D eigenvalue weighted by molar-refractivity contribution is -0.383. The molecule has 2 aromatic carbocycles. The van der Waals surface area contributed by atoms with E-state index in [-0.39, 0.29) is 21.8 Å². The minimum atomic E-state index is -4.58. The number of rotatable bonds is 2. The average Bonchev–Trinajstić information content (AvgIpc) is 2.40. The quantitative estimate of drug-likeness (QED) is 0.503. The first kappa shape index (κ1) is 15.1. The maximum Gasteiger partial charge on any atom is 0.417 e. The third-order valence-electron chi connectivity index (χ3n) is 2.85. The summed E-state index contributed by atoms with van der Waals surface area (Å²) in [6.45, 7) is 0. The highest BCUT2D eigenvalue weighted by Crippen LogP contribution is 2.40. The number of anilines is 1. The Hall–Kier alpha value is -2.28. The molecule has 0 aliphatic carbocycles. The summed E-state index contributed by atoms with van der Waals surface area (Å²) >= 11 is 5.77. The van der Waals surface area contributed by atoms with Gasteiger partial charge in [0.05, 0.1) is 15.5 Å². The van der Waals surface area contributed by atoms with Crippen molar-refractivity contribution >= 4 is 23.0 Å². The van der Waals surface area contributed by atoms with Crippen molar-refractivity contribution in [2.24, 2.45) is 0 Å². The number of nitro groups is 1. The number of halogens is 4. The largest absolute Gasteiger partial charge is 0.417 e. The Bertz CT molecular complexity index is 717. The van der Waals surface area contributed by atoms with Crippen LogP contribution in [0.5, 0.6) is 0 Å². The molecule has 0 spiro atoms. The second-order valence-corrected chi connectivity index (χ2v) is 4.60. The molecular weight excluding hydrogens is 309 g/mol. The van der Waals surface area contributed by atoms with E-state index in [2.05, 4.69) is 0 Å². The first-order chi connectivity index (χ1) is 9.71. The molecule has 0 aliphatic rings. The second kappa shape index (κ2) is 5.25. The molecule has 0 heterocycles. The Labute approximate surface area is 122 Å². The van der Waals surface area contributed by atoms with Gasteiger partial charge in [0, 0.05) is 6.07 Å². The van der Waals surface area contributed by atoms with Gasteiger partial charge in [-0.3, -0.25) is 10.1 Å². The Morgan fingerprint density at radius 3 is 2.38 bits per heavy atom. The number of benzene rings is 2. The van der Waals surface area contributed by atoms with Gasteiger partial charge in [0.15, 0.2) is 0 Å². The van der Waals surface area contributed by atoms with Gasteiger partial charge < -0.3 is 5.73 Å². The highest BCUT2D eigenvalue weighted by Gasteiger charge is 2.33. The van der Waals surface area contributed by atoms with Crippen LogP contribution >= 0.6 is 11.6 Å². The zero-order valence-corrected chi connectivity index (χ0v) is 11.1. The Morgan fingerprint density at radius 1 is 1.19 bits per heavy atom. The number of nitro benzene ring substituents is 1. The van der Waals surface area contributed by atoms with Crippen LogP contribution in [0, 0.1) is 10.1 Å². The van der Waals surface area contributed by atoms with Crippen LogP contribution in [0.25, 0.3) is 11.1 Å². The fourth-order valence-electron chi connectivity index (χ4n) is 1.89. The number of nitrogens with zero attached hydrogens (tertiary/aromatic N) is 1. The monoisotopic (exact) mass is 316 g/mol. The number of alkyl halides is 3. The topological polar surface area (TPSA) is 69.2 Å². The molecule has 2 rings (SSSR count). The SMILES string of the molecule is Nc1c(Cl)cc(-c2ccccc2C(F)(F)F)cc1[N+](=O)[O-]. The molecule has 0 unspecified atom stereocenters. The molecule has 4 nitrogen and oxygen atoms in total. The summed E-state index contributed by atoms with van der Waals surface area (Å²) in [7, 11) is 0. The number of nitrogen functional groups attached to an aromatic ring is 1. The minimum absolute atomic E-state index is 0.0196. The predicted molar refractivity (Wildman–Crippen MR) is 73.0 cm³/mol. The third kappa shape index (κ3) is 2.92. The fraction of sp³-hybridized carbons (Fsp3) is 0.0769. The number of hydrogen-bond acceptors (Lipinski definition) is 3. The first-order valence-corrected chi connectivity index (χ1v) is 5.99. The van der Waals surface area contributed by atoms with E-state index in [1.165, 1.54) is 24.3 Å². The summed E-state index contributed by atoms with van der Waals surface area (Å²) in [5, 5.41) is 10.7. The van der Waals surface area contributed by atoms with E-state index in [0.717, 1.165) is 12.1 Å².